The molecule has 0 fully saturated rings. The van der Waals surface area contributed by atoms with Gasteiger partial charge in [0.2, 0.25) is 0 Å². The first-order valence-corrected chi connectivity index (χ1v) is 7.87. The summed E-state index contributed by atoms with van der Waals surface area (Å²) in [6.07, 6.45) is -4.53. The van der Waals surface area contributed by atoms with Gasteiger partial charge in [0, 0.05) is 16.6 Å². The number of aromatic nitrogens is 1. The maximum atomic E-state index is 13.9. The number of benzene rings is 2. The van der Waals surface area contributed by atoms with Crippen molar-refractivity contribution < 1.29 is 17.6 Å². The van der Waals surface area contributed by atoms with E-state index < -0.39 is 17.6 Å². The van der Waals surface area contributed by atoms with Crippen LogP contribution >= 0.6 is 11.3 Å². The molecular formula is C17H12F4N2S. The Morgan fingerprint density at radius 2 is 1.75 bits per heavy atom. The van der Waals surface area contributed by atoms with Crippen LogP contribution in [0.25, 0.3) is 11.3 Å². The van der Waals surface area contributed by atoms with Gasteiger partial charge >= 0.3 is 6.18 Å². The highest BCUT2D eigenvalue weighted by atomic mass is 32.1. The van der Waals surface area contributed by atoms with Crippen LogP contribution < -0.4 is 5.32 Å². The highest BCUT2D eigenvalue weighted by molar-refractivity contribution is 7.14. The lowest BCUT2D eigenvalue weighted by Gasteiger charge is -2.08. The maximum Gasteiger partial charge on any atom is 0.416 e. The topological polar surface area (TPSA) is 24.9 Å². The summed E-state index contributed by atoms with van der Waals surface area (Å²) in [7, 11) is 0. The van der Waals surface area contributed by atoms with Crippen molar-refractivity contribution in [3.63, 3.8) is 0 Å². The number of hydrogen-bond donors (Lipinski definition) is 1. The average molecular weight is 352 g/mol. The summed E-state index contributed by atoms with van der Waals surface area (Å²) in [6, 6.07) is 9.87. The van der Waals surface area contributed by atoms with Gasteiger partial charge in [-0.05, 0) is 37.3 Å². The largest absolute Gasteiger partial charge is 0.416 e. The summed E-state index contributed by atoms with van der Waals surface area (Å²) < 4.78 is 52.3. The number of nitrogens with one attached hydrogen (secondary N) is 1. The lowest BCUT2D eigenvalue weighted by Crippen LogP contribution is -2.05. The Labute approximate surface area is 139 Å². The molecule has 1 heterocycles. The highest BCUT2D eigenvalue weighted by Crippen LogP contribution is 2.35. The van der Waals surface area contributed by atoms with E-state index in [0.29, 0.717) is 5.13 Å². The molecule has 2 aromatic carbocycles. The van der Waals surface area contributed by atoms with Crippen LogP contribution in [0.2, 0.25) is 0 Å². The Hall–Kier alpha value is -2.41. The van der Waals surface area contributed by atoms with Gasteiger partial charge in [-0.15, -0.1) is 11.3 Å². The third-order valence-electron chi connectivity index (χ3n) is 3.38. The van der Waals surface area contributed by atoms with Crippen molar-refractivity contribution >= 4 is 22.2 Å². The number of thiazole rings is 1. The van der Waals surface area contributed by atoms with E-state index in [1.165, 1.54) is 16.7 Å². The molecule has 24 heavy (non-hydrogen) atoms. The summed E-state index contributed by atoms with van der Waals surface area (Å²) in [4.78, 5) is 4.18. The highest BCUT2D eigenvalue weighted by Gasteiger charge is 2.31. The van der Waals surface area contributed by atoms with E-state index in [9.17, 15) is 17.6 Å². The Bertz CT molecular complexity index is 854. The standard InChI is InChI=1S/C17H12F4N2S/c1-10-2-5-12(6-3-10)22-16-23-15(9-24-16)13-8-11(17(19,20)21)4-7-14(13)18/h2-9H,1H3,(H,22,23). The molecule has 0 saturated carbocycles. The Balaban J connectivity index is 1.89. The third-order valence-corrected chi connectivity index (χ3v) is 4.13. The smallest absolute Gasteiger partial charge is 0.332 e. The van der Waals surface area contributed by atoms with Crippen molar-refractivity contribution in [2.45, 2.75) is 13.1 Å². The van der Waals surface area contributed by atoms with Gasteiger partial charge in [0.05, 0.1) is 11.3 Å². The Kier molecular flexibility index (Phi) is 4.28. The van der Waals surface area contributed by atoms with E-state index in [-0.39, 0.29) is 11.3 Å². The molecule has 0 aliphatic carbocycles. The number of rotatable bonds is 3. The molecule has 0 aliphatic rings. The zero-order chi connectivity index (χ0) is 17.3. The first kappa shape index (κ1) is 16.4. The van der Waals surface area contributed by atoms with Gasteiger partial charge in [0.1, 0.15) is 5.82 Å². The minimum absolute atomic E-state index is 0.165. The van der Waals surface area contributed by atoms with Gasteiger partial charge in [0.15, 0.2) is 5.13 Å². The SMILES string of the molecule is Cc1ccc(Nc2nc(-c3cc(C(F)(F)F)ccc3F)cs2)cc1. The zero-order valence-electron chi connectivity index (χ0n) is 12.5. The molecule has 2 nitrogen and oxygen atoms in total. The van der Waals surface area contributed by atoms with Crippen LogP contribution in [-0.4, -0.2) is 4.98 Å². The molecule has 0 radical (unpaired) electrons. The van der Waals surface area contributed by atoms with E-state index in [0.717, 1.165) is 29.4 Å². The van der Waals surface area contributed by atoms with Crippen LogP contribution in [0, 0.1) is 12.7 Å². The van der Waals surface area contributed by atoms with Crippen LogP contribution in [-0.2, 0) is 6.18 Å². The fraction of sp³-hybridized carbons (Fsp3) is 0.118. The van der Waals surface area contributed by atoms with E-state index in [1.807, 2.05) is 31.2 Å². The lowest BCUT2D eigenvalue weighted by atomic mass is 10.1. The molecule has 0 saturated heterocycles. The monoisotopic (exact) mass is 352 g/mol. The maximum absolute atomic E-state index is 13.9. The van der Waals surface area contributed by atoms with Crippen LogP contribution in [0.15, 0.2) is 47.8 Å². The number of aryl methyl sites for hydroxylation is 1. The van der Waals surface area contributed by atoms with Gasteiger partial charge in [0.25, 0.3) is 0 Å². The fourth-order valence-corrected chi connectivity index (χ4v) is 2.84. The summed E-state index contributed by atoms with van der Waals surface area (Å²) >= 11 is 1.20. The van der Waals surface area contributed by atoms with Crippen LogP contribution in [0.1, 0.15) is 11.1 Å². The minimum atomic E-state index is -4.53. The molecule has 0 bridgehead atoms. The molecule has 3 aromatic rings. The Morgan fingerprint density at radius 1 is 1.04 bits per heavy atom. The summed E-state index contributed by atoms with van der Waals surface area (Å²) in [5.41, 5.74) is 0.994. The molecular weight excluding hydrogens is 340 g/mol. The number of alkyl halides is 3. The lowest BCUT2D eigenvalue weighted by molar-refractivity contribution is -0.137. The van der Waals surface area contributed by atoms with Gasteiger partial charge in [-0.1, -0.05) is 17.7 Å². The van der Waals surface area contributed by atoms with Crippen LogP contribution in [0.3, 0.4) is 0 Å². The van der Waals surface area contributed by atoms with Crippen molar-refractivity contribution in [1.29, 1.82) is 0 Å². The van der Waals surface area contributed by atoms with Gasteiger partial charge < -0.3 is 5.32 Å². The number of halogens is 4. The van der Waals surface area contributed by atoms with E-state index >= 15 is 0 Å². The van der Waals surface area contributed by atoms with Gasteiger partial charge in [-0.3, -0.25) is 0 Å². The quantitative estimate of drug-likeness (QED) is 0.583. The first-order valence-electron chi connectivity index (χ1n) is 6.99. The Morgan fingerprint density at radius 3 is 2.42 bits per heavy atom. The molecule has 0 aliphatic heterocycles. The predicted octanol–water partition coefficient (Wildman–Crippen LogP) is 6.02. The number of anilines is 2. The van der Waals surface area contributed by atoms with Gasteiger partial charge in [-0.25, -0.2) is 9.37 Å². The molecule has 124 valence electrons. The van der Waals surface area contributed by atoms with E-state index in [4.69, 9.17) is 0 Å². The molecule has 1 N–H and O–H groups in total. The fourth-order valence-electron chi connectivity index (χ4n) is 2.11. The zero-order valence-corrected chi connectivity index (χ0v) is 13.3. The van der Waals surface area contributed by atoms with Crippen molar-refractivity contribution in [3.05, 3.63) is 64.8 Å². The van der Waals surface area contributed by atoms with Crippen LogP contribution in [0.4, 0.5) is 28.4 Å². The summed E-state index contributed by atoms with van der Waals surface area (Å²) in [6.45, 7) is 1.96. The molecule has 0 spiro atoms. The number of hydrogen-bond acceptors (Lipinski definition) is 3. The molecule has 3 rings (SSSR count). The second kappa shape index (κ2) is 6.24. The molecule has 0 amide bonds. The predicted molar refractivity (Wildman–Crippen MR) is 87.0 cm³/mol. The van der Waals surface area contributed by atoms with Crippen molar-refractivity contribution in [1.82, 2.24) is 4.98 Å². The van der Waals surface area contributed by atoms with E-state index in [1.54, 1.807) is 0 Å². The van der Waals surface area contributed by atoms with Crippen molar-refractivity contribution in [2.24, 2.45) is 0 Å². The summed E-state index contributed by atoms with van der Waals surface area (Å²) in [5, 5.41) is 5.05. The van der Waals surface area contributed by atoms with Crippen LogP contribution in [0.5, 0.6) is 0 Å². The van der Waals surface area contributed by atoms with Crippen molar-refractivity contribution in [3.8, 4) is 11.3 Å². The molecule has 0 atom stereocenters. The second-order valence-corrected chi connectivity index (χ2v) is 6.08. The number of nitrogens with zero attached hydrogens (tertiary/aromatic N) is 1. The molecule has 1 aromatic heterocycles. The normalized spacial score (nSPS) is 11.5. The first-order chi connectivity index (χ1) is 11.3. The molecule has 7 heteroatoms. The van der Waals surface area contributed by atoms with Crippen molar-refractivity contribution in [2.75, 3.05) is 5.32 Å². The summed E-state index contributed by atoms with van der Waals surface area (Å²) in [5.74, 6) is -0.741. The second-order valence-electron chi connectivity index (χ2n) is 5.22. The minimum Gasteiger partial charge on any atom is -0.332 e. The van der Waals surface area contributed by atoms with Gasteiger partial charge in [-0.2, -0.15) is 13.2 Å². The average Bonchev–Trinajstić information content (AvgIpc) is 2.97. The van der Waals surface area contributed by atoms with E-state index in [2.05, 4.69) is 10.3 Å². The third kappa shape index (κ3) is 3.56. The molecule has 0 unspecified atom stereocenters.